The van der Waals surface area contributed by atoms with Gasteiger partial charge in [-0.3, -0.25) is 0 Å². The summed E-state index contributed by atoms with van der Waals surface area (Å²) >= 11 is 0. The average Bonchev–Trinajstić information content (AvgIpc) is 2.40. The highest BCUT2D eigenvalue weighted by Crippen LogP contribution is 2.30. The number of nitrogens with one attached hydrogen (secondary N) is 1. The molecule has 1 rings (SSSR count). The van der Waals surface area contributed by atoms with Crippen LogP contribution in [0.1, 0.15) is 47.0 Å². The van der Waals surface area contributed by atoms with E-state index in [0.717, 1.165) is 30.7 Å². The summed E-state index contributed by atoms with van der Waals surface area (Å²) in [6.45, 7) is 9.27. The molecule has 0 atom stereocenters. The zero-order valence-corrected chi connectivity index (χ0v) is 12.0. The third-order valence-corrected chi connectivity index (χ3v) is 3.75. The number of anilines is 2. The molecule has 3 N–H and O–H groups in total. The van der Waals surface area contributed by atoms with Crippen LogP contribution in [0.2, 0.25) is 0 Å². The molecule has 0 fully saturated rings. The van der Waals surface area contributed by atoms with Crippen LogP contribution in [0.3, 0.4) is 0 Å². The molecule has 1 aromatic rings. The number of hydrogen-bond donors (Lipinski definition) is 2. The molecule has 1 aromatic carbocycles. The van der Waals surface area contributed by atoms with Crippen LogP contribution in [0.4, 0.5) is 11.4 Å². The van der Waals surface area contributed by atoms with Crippen molar-refractivity contribution in [3.63, 3.8) is 0 Å². The van der Waals surface area contributed by atoms with Crippen LogP contribution in [0, 0.1) is 0 Å². The summed E-state index contributed by atoms with van der Waals surface area (Å²) in [6.07, 6.45) is 3.32. The highest BCUT2D eigenvalue weighted by atomic mass is 16.5. The van der Waals surface area contributed by atoms with E-state index in [0.29, 0.717) is 12.3 Å². The molecule has 18 heavy (non-hydrogen) atoms. The Bertz CT molecular complexity index is 364. The maximum atomic E-state index is 5.88. The Kier molecular flexibility index (Phi) is 5.32. The molecule has 0 aliphatic rings. The highest BCUT2D eigenvalue weighted by Gasteiger charge is 2.23. The van der Waals surface area contributed by atoms with Gasteiger partial charge in [-0.15, -0.1) is 0 Å². The Labute approximate surface area is 111 Å². The Morgan fingerprint density at radius 3 is 2.22 bits per heavy atom. The van der Waals surface area contributed by atoms with Gasteiger partial charge in [0.2, 0.25) is 0 Å². The van der Waals surface area contributed by atoms with Gasteiger partial charge in [0.25, 0.3) is 0 Å². The molecule has 0 saturated carbocycles. The van der Waals surface area contributed by atoms with Crippen molar-refractivity contribution < 1.29 is 4.74 Å². The minimum absolute atomic E-state index is 0.166. The first-order valence-electron chi connectivity index (χ1n) is 6.91. The van der Waals surface area contributed by atoms with Gasteiger partial charge in [0, 0.05) is 17.3 Å². The van der Waals surface area contributed by atoms with E-state index in [2.05, 4.69) is 26.1 Å². The lowest BCUT2D eigenvalue weighted by Gasteiger charge is -2.33. The molecule has 0 aromatic heterocycles. The van der Waals surface area contributed by atoms with Gasteiger partial charge in [-0.25, -0.2) is 0 Å². The molecule has 102 valence electrons. The average molecular weight is 250 g/mol. The van der Waals surface area contributed by atoms with Crippen molar-refractivity contribution in [2.75, 3.05) is 17.7 Å². The standard InChI is InChI=1S/C15H26N2O/c1-5-15(6-2,7-3)17-12-9-10-13(16)14(11-12)18-8-4/h9-11,17H,5-8,16H2,1-4H3. The molecule has 3 heteroatoms. The maximum absolute atomic E-state index is 5.88. The molecule has 0 heterocycles. The summed E-state index contributed by atoms with van der Waals surface area (Å²) in [6, 6.07) is 5.92. The molecular weight excluding hydrogens is 224 g/mol. The van der Waals surface area contributed by atoms with Gasteiger partial charge >= 0.3 is 0 Å². The van der Waals surface area contributed by atoms with E-state index in [1.54, 1.807) is 0 Å². The van der Waals surface area contributed by atoms with Crippen molar-refractivity contribution in [1.29, 1.82) is 0 Å². The second-order valence-corrected chi connectivity index (χ2v) is 4.65. The van der Waals surface area contributed by atoms with E-state index in [4.69, 9.17) is 10.5 Å². The molecule has 0 aliphatic heterocycles. The molecule has 0 bridgehead atoms. The number of nitrogen functional groups attached to an aromatic ring is 1. The Morgan fingerprint density at radius 1 is 1.11 bits per heavy atom. The van der Waals surface area contributed by atoms with E-state index in [1.807, 2.05) is 25.1 Å². The summed E-state index contributed by atoms with van der Waals surface area (Å²) in [5, 5.41) is 3.63. The first-order chi connectivity index (χ1) is 8.60. The largest absolute Gasteiger partial charge is 0.492 e. The summed E-state index contributed by atoms with van der Waals surface area (Å²) in [5.41, 5.74) is 7.82. The minimum Gasteiger partial charge on any atom is -0.492 e. The van der Waals surface area contributed by atoms with Crippen molar-refractivity contribution in [1.82, 2.24) is 0 Å². The number of rotatable bonds is 7. The van der Waals surface area contributed by atoms with E-state index in [9.17, 15) is 0 Å². The molecule has 0 amide bonds. The van der Waals surface area contributed by atoms with Gasteiger partial charge in [0.05, 0.1) is 12.3 Å². The van der Waals surface area contributed by atoms with Crippen molar-refractivity contribution in [2.24, 2.45) is 0 Å². The van der Waals surface area contributed by atoms with E-state index < -0.39 is 0 Å². The molecule has 0 radical (unpaired) electrons. The Hall–Kier alpha value is -1.38. The number of ether oxygens (including phenoxy) is 1. The molecular formula is C15H26N2O. The van der Waals surface area contributed by atoms with Gasteiger partial charge in [-0.05, 0) is 38.3 Å². The van der Waals surface area contributed by atoms with Crippen LogP contribution in [-0.2, 0) is 0 Å². The maximum Gasteiger partial charge on any atom is 0.144 e. The van der Waals surface area contributed by atoms with Crippen molar-refractivity contribution in [2.45, 2.75) is 52.5 Å². The summed E-state index contributed by atoms with van der Waals surface area (Å²) in [5.74, 6) is 0.764. The van der Waals surface area contributed by atoms with E-state index >= 15 is 0 Å². The molecule has 0 unspecified atom stereocenters. The number of nitrogens with two attached hydrogens (primary N) is 1. The second-order valence-electron chi connectivity index (χ2n) is 4.65. The fourth-order valence-corrected chi connectivity index (χ4v) is 2.21. The number of benzene rings is 1. The van der Waals surface area contributed by atoms with Gasteiger partial charge in [0.15, 0.2) is 0 Å². The number of hydrogen-bond acceptors (Lipinski definition) is 3. The van der Waals surface area contributed by atoms with E-state index in [-0.39, 0.29) is 5.54 Å². The lowest BCUT2D eigenvalue weighted by atomic mass is 9.89. The van der Waals surface area contributed by atoms with Crippen LogP contribution in [0.5, 0.6) is 5.75 Å². The van der Waals surface area contributed by atoms with Gasteiger partial charge in [-0.2, -0.15) is 0 Å². The summed E-state index contributed by atoms with van der Waals surface area (Å²) in [7, 11) is 0. The highest BCUT2D eigenvalue weighted by molar-refractivity contribution is 5.62. The van der Waals surface area contributed by atoms with Gasteiger partial charge in [0.1, 0.15) is 5.75 Å². The smallest absolute Gasteiger partial charge is 0.144 e. The predicted octanol–water partition coefficient (Wildman–Crippen LogP) is 4.05. The molecule has 3 nitrogen and oxygen atoms in total. The molecule has 0 saturated heterocycles. The van der Waals surface area contributed by atoms with Gasteiger partial charge in [-0.1, -0.05) is 20.8 Å². The molecule has 0 spiro atoms. The first kappa shape index (κ1) is 14.7. The zero-order chi connectivity index (χ0) is 13.6. The van der Waals surface area contributed by atoms with Crippen LogP contribution < -0.4 is 15.8 Å². The fraction of sp³-hybridized carbons (Fsp3) is 0.600. The second kappa shape index (κ2) is 6.53. The quantitative estimate of drug-likeness (QED) is 0.718. The molecule has 0 aliphatic carbocycles. The monoisotopic (exact) mass is 250 g/mol. The van der Waals surface area contributed by atoms with Crippen molar-refractivity contribution >= 4 is 11.4 Å². The third-order valence-electron chi connectivity index (χ3n) is 3.75. The van der Waals surface area contributed by atoms with Crippen LogP contribution in [-0.4, -0.2) is 12.1 Å². The van der Waals surface area contributed by atoms with Crippen molar-refractivity contribution in [3.05, 3.63) is 18.2 Å². The summed E-state index contributed by atoms with van der Waals surface area (Å²) < 4.78 is 5.53. The zero-order valence-electron chi connectivity index (χ0n) is 12.0. The Balaban J connectivity index is 2.93. The Morgan fingerprint density at radius 2 is 1.72 bits per heavy atom. The van der Waals surface area contributed by atoms with Gasteiger partial charge < -0.3 is 15.8 Å². The fourth-order valence-electron chi connectivity index (χ4n) is 2.21. The SMILES string of the molecule is CCOc1cc(NC(CC)(CC)CC)ccc1N. The normalized spacial score (nSPS) is 11.3. The lowest BCUT2D eigenvalue weighted by molar-refractivity contribution is 0.342. The van der Waals surface area contributed by atoms with Crippen LogP contribution in [0.15, 0.2) is 18.2 Å². The van der Waals surface area contributed by atoms with Crippen LogP contribution in [0.25, 0.3) is 0 Å². The van der Waals surface area contributed by atoms with E-state index in [1.165, 1.54) is 0 Å². The third kappa shape index (κ3) is 3.31. The van der Waals surface area contributed by atoms with Crippen LogP contribution >= 0.6 is 0 Å². The summed E-state index contributed by atoms with van der Waals surface area (Å²) in [4.78, 5) is 0. The predicted molar refractivity (Wildman–Crippen MR) is 79.3 cm³/mol. The van der Waals surface area contributed by atoms with Crippen molar-refractivity contribution in [3.8, 4) is 5.75 Å². The topological polar surface area (TPSA) is 47.3 Å². The minimum atomic E-state index is 0.166. The lowest BCUT2D eigenvalue weighted by Crippen LogP contribution is -2.36. The first-order valence-corrected chi connectivity index (χ1v) is 6.91.